The van der Waals surface area contributed by atoms with E-state index >= 15 is 0 Å². The van der Waals surface area contributed by atoms with Gasteiger partial charge in [-0.05, 0) is 87.2 Å². The van der Waals surface area contributed by atoms with E-state index in [0.29, 0.717) is 17.0 Å². The average molecular weight is 631 g/mol. The minimum absolute atomic E-state index is 0.125. The number of aliphatic hydroxyl groups excluding tert-OH is 1. The van der Waals surface area contributed by atoms with Gasteiger partial charge in [0.05, 0.1) is 45.5 Å². The number of hydrogen-bond donors (Lipinski definition) is 1. The van der Waals surface area contributed by atoms with Crippen LogP contribution in [0.25, 0.3) is 0 Å². The lowest BCUT2D eigenvalue weighted by atomic mass is 9.52. The molecule has 0 spiro atoms. The Balaban J connectivity index is 1.33. The maximum Gasteiger partial charge on any atom is 0.241 e. The summed E-state index contributed by atoms with van der Waals surface area (Å²) in [4.78, 5) is 70.4. The number of nitrogens with zero attached hydrogens (tertiary/aromatic N) is 2. The maximum absolute atomic E-state index is 14.4. The Morgan fingerprint density at radius 3 is 2.33 bits per heavy atom. The highest BCUT2D eigenvalue weighted by Gasteiger charge is 2.68. The molecule has 3 heterocycles. The van der Waals surface area contributed by atoms with Gasteiger partial charge in [0.25, 0.3) is 0 Å². The molecule has 6 atom stereocenters. The monoisotopic (exact) mass is 630 g/mol. The van der Waals surface area contributed by atoms with Gasteiger partial charge in [-0.15, -0.1) is 0 Å². The minimum Gasteiger partial charge on any atom is -0.463 e. The van der Waals surface area contributed by atoms with Crippen molar-refractivity contribution < 1.29 is 37.9 Å². The number of halogens is 2. The molecule has 2 aliphatic heterocycles. The van der Waals surface area contributed by atoms with Crippen LogP contribution in [0.4, 0.5) is 15.8 Å². The zero-order valence-corrected chi connectivity index (χ0v) is 25.1. The van der Waals surface area contributed by atoms with Gasteiger partial charge in [-0.3, -0.25) is 28.9 Å². The van der Waals surface area contributed by atoms with Gasteiger partial charge in [0.2, 0.25) is 23.6 Å². The molecule has 2 saturated heterocycles. The van der Waals surface area contributed by atoms with E-state index in [-0.39, 0.29) is 47.6 Å². The van der Waals surface area contributed by atoms with Crippen molar-refractivity contribution in [3.63, 3.8) is 0 Å². The largest absolute Gasteiger partial charge is 0.463 e. The van der Waals surface area contributed by atoms with Crippen molar-refractivity contribution >= 4 is 52.4 Å². The number of aliphatic hydroxyl groups is 1. The number of carbonyl (C=O) groups excluding carboxylic acids is 5. The van der Waals surface area contributed by atoms with E-state index in [0.717, 1.165) is 21.4 Å². The first-order valence-corrected chi connectivity index (χ1v) is 15.1. The number of benzene rings is 2. The van der Waals surface area contributed by atoms with Gasteiger partial charge in [0, 0.05) is 5.56 Å². The Morgan fingerprint density at radius 2 is 1.69 bits per heavy atom. The zero-order valence-electron chi connectivity index (χ0n) is 24.3. The van der Waals surface area contributed by atoms with Crippen LogP contribution in [-0.4, -0.2) is 34.5 Å². The highest BCUT2D eigenvalue weighted by atomic mass is 35.5. The Bertz CT molecular complexity index is 1850. The zero-order chi connectivity index (χ0) is 31.9. The molecule has 7 rings (SSSR count). The highest BCUT2D eigenvalue weighted by Crippen LogP contribution is 2.63. The summed E-state index contributed by atoms with van der Waals surface area (Å²) in [5.41, 5.74) is 0.303. The summed E-state index contributed by atoms with van der Waals surface area (Å²) in [6.45, 7) is 2.75. The molecular formula is C34H28ClFN2O7. The second-order valence-electron chi connectivity index (χ2n) is 12.3. The van der Waals surface area contributed by atoms with Crippen LogP contribution in [0.3, 0.4) is 0 Å². The number of anilines is 2. The number of fused-ring (bicyclic) bond motifs is 4. The lowest BCUT2D eigenvalue weighted by molar-refractivity contribution is -0.131. The highest BCUT2D eigenvalue weighted by molar-refractivity contribution is 6.32. The molecule has 2 aliphatic carbocycles. The van der Waals surface area contributed by atoms with Gasteiger partial charge in [0.1, 0.15) is 23.9 Å². The van der Waals surface area contributed by atoms with Crippen molar-refractivity contribution in [3.05, 3.63) is 94.2 Å². The Morgan fingerprint density at radius 1 is 0.978 bits per heavy atom. The Hall–Kier alpha value is -4.41. The average Bonchev–Trinajstić information content (AvgIpc) is 3.65. The molecule has 1 aromatic heterocycles. The summed E-state index contributed by atoms with van der Waals surface area (Å²) >= 11 is 6.03. The van der Waals surface area contributed by atoms with Crippen molar-refractivity contribution in [2.45, 2.75) is 39.2 Å². The third kappa shape index (κ3) is 4.12. The van der Waals surface area contributed by atoms with E-state index < -0.39 is 58.5 Å². The summed E-state index contributed by atoms with van der Waals surface area (Å²) < 4.78 is 20.0. The van der Waals surface area contributed by atoms with Gasteiger partial charge in [-0.1, -0.05) is 23.3 Å². The number of Topliss-reactive ketones (excluding diaryl/α,β-unsaturated/α-hetero) is 1. The first kappa shape index (κ1) is 29.3. The quantitative estimate of drug-likeness (QED) is 0.233. The molecule has 3 fully saturated rings. The second kappa shape index (κ2) is 10.3. The summed E-state index contributed by atoms with van der Waals surface area (Å²) in [5, 5.41) is 9.51. The topological polar surface area (TPSA) is 125 Å². The number of allylic oxidation sites excluding steroid dienone is 2. The predicted molar refractivity (Wildman–Crippen MR) is 160 cm³/mol. The lowest BCUT2D eigenvalue weighted by Gasteiger charge is -2.48. The molecule has 6 unspecified atom stereocenters. The SMILES string of the molecule is CC(=O)c1ccc(N2C(=O)C3CC=C4C(CC5C(=O)N(c6ccc(F)c(Cl)c6)C(=O)C5(C)C4c4ccc(CO)o4)C3C2=O)cc1. The van der Waals surface area contributed by atoms with E-state index in [4.69, 9.17) is 16.0 Å². The number of imide groups is 2. The standard InChI is InChI=1S/C34H28ClFN2O7/c1-16(40)17-3-5-18(6-4-17)37-30(41)22-10-9-21-23(28(22)32(37)43)14-24-31(42)38(19-7-11-26(36)25(35)13-19)33(44)34(24,2)29(21)27-12-8-20(15-39)45-27/h3-9,11-13,22-24,28-29,39H,10,14-15H2,1-2H3. The van der Waals surface area contributed by atoms with Gasteiger partial charge in [0.15, 0.2) is 5.78 Å². The first-order valence-electron chi connectivity index (χ1n) is 14.7. The molecular weight excluding hydrogens is 603 g/mol. The molecule has 0 radical (unpaired) electrons. The third-order valence-corrected chi connectivity index (χ3v) is 10.4. The van der Waals surface area contributed by atoms with Crippen LogP contribution in [0.1, 0.15) is 54.5 Å². The molecule has 45 heavy (non-hydrogen) atoms. The first-order chi connectivity index (χ1) is 21.5. The van der Waals surface area contributed by atoms with Crippen LogP contribution in [0.5, 0.6) is 0 Å². The molecule has 4 aliphatic rings. The van der Waals surface area contributed by atoms with E-state index in [2.05, 4.69) is 0 Å². The summed E-state index contributed by atoms with van der Waals surface area (Å²) in [6.07, 6.45) is 2.26. The third-order valence-electron chi connectivity index (χ3n) is 10.1. The van der Waals surface area contributed by atoms with Crippen molar-refractivity contribution in [2.75, 3.05) is 9.80 Å². The minimum atomic E-state index is -1.36. The number of rotatable bonds is 5. The summed E-state index contributed by atoms with van der Waals surface area (Å²) in [5.74, 6) is -5.74. The second-order valence-corrected chi connectivity index (χ2v) is 12.7. The summed E-state index contributed by atoms with van der Waals surface area (Å²) in [7, 11) is 0. The lowest BCUT2D eigenvalue weighted by Crippen LogP contribution is -2.48. The Kier molecular flexibility index (Phi) is 6.72. The van der Waals surface area contributed by atoms with E-state index in [1.165, 1.54) is 19.1 Å². The maximum atomic E-state index is 14.4. The van der Waals surface area contributed by atoms with Crippen LogP contribution in [0.2, 0.25) is 5.02 Å². The molecule has 230 valence electrons. The van der Waals surface area contributed by atoms with Crippen molar-refractivity contribution in [2.24, 2.45) is 29.1 Å². The fourth-order valence-electron chi connectivity index (χ4n) is 7.92. The molecule has 2 aromatic carbocycles. The van der Waals surface area contributed by atoms with Crippen LogP contribution < -0.4 is 9.80 Å². The van der Waals surface area contributed by atoms with E-state index in [9.17, 15) is 33.5 Å². The molecule has 11 heteroatoms. The molecule has 1 N–H and O–H groups in total. The smallest absolute Gasteiger partial charge is 0.241 e. The van der Waals surface area contributed by atoms with Gasteiger partial charge < -0.3 is 9.52 Å². The van der Waals surface area contributed by atoms with Crippen LogP contribution in [0, 0.1) is 34.9 Å². The van der Waals surface area contributed by atoms with E-state index in [1.807, 2.05) is 6.08 Å². The van der Waals surface area contributed by atoms with Crippen molar-refractivity contribution in [1.82, 2.24) is 0 Å². The molecule has 0 bridgehead atoms. The fourth-order valence-corrected chi connectivity index (χ4v) is 8.10. The summed E-state index contributed by atoms with van der Waals surface area (Å²) in [6, 6.07) is 13.2. The molecule has 3 aromatic rings. The number of hydrogen-bond acceptors (Lipinski definition) is 7. The van der Waals surface area contributed by atoms with E-state index in [1.54, 1.807) is 43.3 Å². The van der Waals surface area contributed by atoms with Crippen LogP contribution >= 0.6 is 11.6 Å². The number of furan rings is 1. The Labute approximate surface area is 262 Å². The van der Waals surface area contributed by atoms with Crippen LogP contribution in [0.15, 0.2) is 70.7 Å². The van der Waals surface area contributed by atoms with Crippen molar-refractivity contribution in [3.8, 4) is 0 Å². The van der Waals surface area contributed by atoms with Crippen LogP contribution in [-0.2, 0) is 25.8 Å². The normalized spacial score (nSPS) is 29.1. The molecule has 9 nitrogen and oxygen atoms in total. The molecule has 4 amide bonds. The van der Waals surface area contributed by atoms with Gasteiger partial charge >= 0.3 is 0 Å². The number of ketones is 1. The van der Waals surface area contributed by atoms with Crippen molar-refractivity contribution in [1.29, 1.82) is 0 Å². The fraction of sp³-hybridized carbons (Fsp3) is 0.324. The number of carbonyl (C=O) groups is 5. The molecule has 1 saturated carbocycles. The van der Waals surface area contributed by atoms with Gasteiger partial charge in [-0.25, -0.2) is 9.29 Å². The predicted octanol–water partition coefficient (Wildman–Crippen LogP) is 5.20. The van der Waals surface area contributed by atoms with Gasteiger partial charge in [-0.2, -0.15) is 0 Å². The number of amides is 4.